The summed E-state index contributed by atoms with van der Waals surface area (Å²) in [4.78, 5) is 35.7. The van der Waals surface area contributed by atoms with Gasteiger partial charge in [-0.2, -0.15) is 0 Å². The first kappa shape index (κ1) is 22.9. The molecular weight excluding hydrogens is 408 g/mol. The molecule has 0 spiro atoms. The molecule has 1 aromatic carbocycles. The van der Waals surface area contributed by atoms with Crippen molar-refractivity contribution in [1.82, 2.24) is 20.3 Å². The van der Waals surface area contributed by atoms with Crippen LogP contribution in [0.1, 0.15) is 54.0 Å². The molecular formula is C24H26N4O4. The number of nitrogens with one attached hydrogen (secondary N) is 1. The molecule has 0 radical (unpaired) electrons. The first-order valence-corrected chi connectivity index (χ1v) is 10.2. The average molecular weight is 434 g/mol. The second kappa shape index (κ2) is 9.13. The fourth-order valence-corrected chi connectivity index (χ4v) is 3.13. The molecule has 3 rings (SSSR count). The van der Waals surface area contributed by atoms with Crippen molar-refractivity contribution < 1.29 is 19.8 Å². The molecule has 0 aliphatic rings. The molecule has 2 heterocycles. The number of carbonyl (C=O) groups is 2. The number of aromatic hydroxyl groups is 1. The summed E-state index contributed by atoms with van der Waals surface area (Å²) in [5.41, 5.74) is 4.05. The van der Waals surface area contributed by atoms with Gasteiger partial charge >= 0.3 is 5.97 Å². The Morgan fingerprint density at radius 1 is 1.00 bits per heavy atom. The quantitative estimate of drug-likeness (QED) is 0.544. The fraction of sp³-hybridized carbons (Fsp3) is 0.292. The highest BCUT2D eigenvalue weighted by molar-refractivity contribution is 5.96. The Morgan fingerprint density at radius 3 is 2.22 bits per heavy atom. The molecule has 3 N–H and O–H groups in total. The van der Waals surface area contributed by atoms with E-state index >= 15 is 0 Å². The number of hydrogen-bond acceptors (Lipinski definition) is 6. The van der Waals surface area contributed by atoms with Crippen molar-refractivity contribution in [3.8, 4) is 16.9 Å². The number of benzene rings is 1. The summed E-state index contributed by atoms with van der Waals surface area (Å²) in [6, 6.07) is 12.2. The van der Waals surface area contributed by atoms with Crippen molar-refractivity contribution in [2.45, 2.75) is 39.5 Å². The van der Waals surface area contributed by atoms with E-state index in [0.29, 0.717) is 11.5 Å². The highest BCUT2D eigenvalue weighted by Gasteiger charge is 2.19. The van der Waals surface area contributed by atoms with E-state index in [1.165, 1.54) is 5.56 Å². The van der Waals surface area contributed by atoms with Crippen LogP contribution in [0.25, 0.3) is 11.1 Å². The van der Waals surface area contributed by atoms with Crippen LogP contribution in [0.2, 0.25) is 0 Å². The Kier molecular flexibility index (Phi) is 6.53. The summed E-state index contributed by atoms with van der Waals surface area (Å²) in [5, 5.41) is 21.0. The molecule has 8 heteroatoms. The van der Waals surface area contributed by atoms with E-state index < -0.39 is 18.4 Å². The number of carbonyl (C=O) groups excluding carboxylic acids is 1. The van der Waals surface area contributed by atoms with E-state index in [9.17, 15) is 14.7 Å². The van der Waals surface area contributed by atoms with Crippen LogP contribution in [0.15, 0.2) is 42.6 Å². The van der Waals surface area contributed by atoms with Gasteiger partial charge < -0.3 is 15.5 Å². The van der Waals surface area contributed by atoms with Gasteiger partial charge in [0.1, 0.15) is 12.4 Å². The average Bonchev–Trinajstić information content (AvgIpc) is 2.74. The summed E-state index contributed by atoms with van der Waals surface area (Å²) in [7, 11) is 0. The summed E-state index contributed by atoms with van der Waals surface area (Å²) in [6.45, 7) is 7.49. The van der Waals surface area contributed by atoms with Gasteiger partial charge in [0, 0.05) is 17.5 Å². The molecule has 32 heavy (non-hydrogen) atoms. The Bertz CT molecular complexity index is 1130. The van der Waals surface area contributed by atoms with Crippen molar-refractivity contribution in [1.29, 1.82) is 0 Å². The van der Waals surface area contributed by atoms with Crippen molar-refractivity contribution in [3.05, 3.63) is 71.1 Å². The molecule has 0 fully saturated rings. The number of nitrogens with zero attached hydrogens (tertiary/aromatic N) is 3. The number of hydrogen-bond donors (Lipinski definition) is 3. The van der Waals surface area contributed by atoms with E-state index in [4.69, 9.17) is 5.11 Å². The van der Waals surface area contributed by atoms with E-state index in [2.05, 4.69) is 65.3 Å². The normalized spacial score (nSPS) is 11.2. The molecule has 2 aromatic heterocycles. The molecule has 1 amide bonds. The lowest BCUT2D eigenvalue weighted by Crippen LogP contribution is -2.30. The molecule has 0 atom stereocenters. The zero-order chi connectivity index (χ0) is 23.5. The monoisotopic (exact) mass is 434 g/mol. The predicted octanol–water partition coefficient (Wildman–Crippen LogP) is 3.26. The van der Waals surface area contributed by atoms with Crippen molar-refractivity contribution in [3.63, 3.8) is 0 Å². The maximum atomic E-state index is 12.2. The van der Waals surface area contributed by atoms with Crippen LogP contribution in [-0.2, 0) is 16.6 Å². The Labute approximate surface area is 186 Å². The lowest BCUT2D eigenvalue weighted by atomic mass is 9.86. The van der Waals surface area contributed by atoms with Crippen molar-refractivity contribution in [2.75, 3.05) is 6.54 Å². The highest BCUT2D eigenvalue weighted by Crippen LogP contribution is 2.26. The fourth-order valence-electron chi connectivity index (χ4n) is 3.13. The second-order valence-corrected chi connectivity index (χ2v) is 8.54. The molecule has 0 aliphatic carbocycles. The van der Waals surface area contributed by atoms with E-state index in [1.807, 2.05) is 12.1 Å². The van der Waals surface area contributed by atoms with Crippen LogP contribution in [0.3, 0.4) is 0 Å². The summed E-state index contributed by atoms with van der Waals surface area (Å²) < 4.78 is 0. The predicted molar refractivity (Wildman–Crippen MR) is 120 cm³/mol. The molecule has 0 unspecified atom stereocenters. The minimum absolute atomic E-state index is 0.0896. The zero-order valence-corrected chi connectivity index (χ0v) is 18.5. The molecule has 0 bridgehead atoms. The SMILES string of the molecule is Cc1nc(Cc2ccc(-c3ccc(C(C)(C)C)cc3)cn2)nc(C(=O)NCC(=O)O)c1O. The van der Waals surface area contributed by atoms with Gasteiger partial charge in [-0.3, -0.25) is 14.6 Å². The maximum absolute atomic E-state index is 12.2. The van der Waals surface area contributed by atoms with Crippen LogP contribution in [0.4, 0.5) is 0 Å². The van der Waals surface area contributed by atoms with Gasteiger partial charge in [0.15, 0.2) is 11.4 Å². The maximum Gasteiger partial charge on any atom is 0.322 e. The molecule has 8 nitrogen and oxygen atoms in total. The third kappa shape index (κ3) is 5.46. The third-order valence-corrected chi connectivity index (χ3v) is 4.97. The molecule has 166 valence electrons. The van der Waals surface area contributed by atoms with Crippen LogP contribution >= 0.6 is 0 Å². The van der Waals surface area contributed by atoms with Gasteiger partial charge in [-0.05, 0) is 29.5 Å². The standard InChI is InChI=1S/C24H26N4O4/c1-14-22(31)21(23(32)26-13-20(29)30)28-19(27-14)11-18-10-7-16(12-25-18)15-5-8-17(9-6-15)24(2,3)4/h5-10,12,31H,11,13H2,1-4H3,(H,26,32)(H,29,30). The number of rotatable bonds is 6. The summed E-state index contributed by atoms with van der Waals surface area (Å²) >= 11 is 0. The van der Waals surface area contributed by atoms with Gasteiger partial charge in [-0.25, -0.2) is 9.97 Å². The Balaban J connectivity index is 1.78. The molecule has 0 saturated heterocycles. The largest absolute Gasteiger partial charge is 0.504 e. The van der Waals surface area contributed by atoms with E-state index in [-0.39, 0.29) is 29.0 Å². The van der Waals surface area contributed by atoms with E-state index in [1.54, 1.807) is 13.1 Å². The van der Waals surface area contributed by atoms with Gasteiger partial charge in [-0.15, -0.1) is 0 Å². The van der Waals surface area contributed by atoms with Crippen LogP contribution in [-0.4, -0.2) is 43.6 Å². The zero-order valence-electron chi connectivity index (χ0n) is 18.5. The minimum atomic E-state index is -1.19. The van der Waals surface area contributed by atoms with Crippen LogP contribution < -0.4 is 5.32 Å². The second-order valence-electron chi connectivity index (χ2n) is 8.54. The number of pyridine rings is 1. The first-order valence-electron chi connectivity index (χ1n) is 10.2. The van der Waals surface area contributed by atoms with Gasteiger partial charge in [0.05, 0.1) is 12.1 Å². The number of carboxylic acid groups (broad SMARTS) is 1. The molecule has 0 aliphatic heterocycles. The smallest absolute Gasteiger partial charge is 0.322 e. The van der Waals surface area contributed by atoms with E-state index in [0.717, 1.165) is 11.1 Å². The van der Waals surface area contributed by atoms with Crippen molar-refractivity contribution >= 4 is 11.9 Å². The first-order chi connectivity index (χ1) is 15.0. The van der Waals surface area contributed by atoms with Crippen LogP contribution in [0.5, 0.6) is 5.75 Å². The highest BCUT2D eigenvalue weighted by atomic mass is 16.4. The minimum Gasteiger partial charge on any atom is -0.504 e. The van der Waals surface area contributed by atoms with Crippen LogP contribution in [0, 0.1) is 6.92 Å². The number of aromatic nitrogens is 3. The number of carboxylic acids is 1. The van der Waals surface area contributed by atoms with Gasteiger partial charge in [-0.1, -0.05) is 51.1 Å². The third-order valence-electron chi connectivity index (χ3n) is 4.97. The number of amides is 1. The topological polar surface area (TPSA) is 125 Å². The molecule has 3 aromatic rings. The van der Waals surface area contributed by atoms with Gasteiger partial charge in [0.2, 0.25) is 0 Å². The molecule has 0 saturated carbocycles. The summed E-state index contributed by atoms with van der Waals surface area (Å²) in [5.74, 6) is -2.05. The van der Waals surface area contributed by atoms with Crippen molar-refractivity contribution in [2.24, 2.45) is 0 Å². The number of aliphatic carboxylic acids is 1. The Morgan fingerprint density at radius 2 is 1.66 bits per heavy atom. The van der Waals surface area contributed by atoms with Gasteiger partial charge in [0.25, 0.3) is 5.91 Å². The Hall–Kier alpha value is -3.81. The number of aryl methyl sites for hydroxylation is 1. The lowest BCUT2D eigenvalue weighted by Gasteiger charge is -2.19. The summed E-state index contributed by atoms with van der Waals surface area (Å²) in [6.07, 6.45) is 2.03. The lowest BCUT2D eigenvalue weighted by molar-refractivity contribution is -0.135.